The minimum atomic E-state index is 0.963. The number of hydrogen-bond acceptors (Lipinski definition) is 0. The van der Waals surface area contributed by atoms with Crippen LogP contribution in [-0.4, -0.2) is 10.7 Å². The van der Waals surface area contributed by atoms with Crippen LogP contribution >= 0.6 is 0 Å². The molecule has 2 nitrogen and oxygen atoms in total. The molecule has 41 heavy (non-hydrogen) atoms. The molecule has 0 aliphatic rings. The SMILES string of the molecule is CCCCCCCCC(C=C=[N+]=[N-])=C(c1cccc(CCCC)c1)c1cccc(CCCCCCCC)c1.[CH3][Ni][CH3]. The molecule has 230 valence electrons. The van der Waals surface area contributed by atoms with Crippen LogP contribution in [0.3, 0.4) is 0 Å². The second-order valence-corrected chi connectivity index (χ2v) is 12.1. The van der Waals surface area contributed by atoms with E-state index in [-0.39, 0.29) is 0 Å². The van der Waals surface area contributed by atoms with Gasteiger partial charge < -0.3 is 5.53 Å². The monoisotopic (exact) mass is 600 g/mol. The zero-order valence-electron chi connectivity index (χ0n) is 26.9. The van der Waals surface area contributed by atoms with Gasteiger partial charge in [-0.1, -0.05) is 140 Å². The van der Waals surface area contributed by atoms with Crippen LogP contribution < -0.4 is 0 Å². The van der Waals surface area contributed by atoms with Crippen molar-refractivity contribution in [2.45, 2.75) is 142 Å². The molecule has 0 spiro atoms. The van der Waals surface area contributed by atoms with Crippen LogP contribution in [0, 0.1) is 0 Å². The van der Waals surface area contributed by atoms with Crippen LogP contribution in [0.5, 0.6) is 0 Å². The Balaban J connectivity index is 0.00000268. The molecule has 2 aromatic rings. The van der Waals surface area contributed by atoms with E-state index in [4.69, 9.17) is 0 Å². The zero-order valence-corrected chi connectivity index (χ0v) is 27.9. The Bertz CT molecular complexity index is 1060. The number of aryl methyl sites for hydroxylation is 2. The Morgan fingerprint density at radius 3 is 1.66 bits per heavy atom. The van der Waals surface area contributed by atoms with E-state index >= 15 is 0 Å². The van der Waals surface area contributed by atoms with Crippen molar-refractivity contribution in [2.75, 3.05) is 0 Å². The molecule has 0 heterocycles. The van der Waals surface area contributed by atoms with Crippen molar-refractivity contribution in [1.82, 2.24) is 0 Å². The summed E-state index contributed by atoms with van der Waals surface area (Å²) in [5.41, 5.74) is 17.0. The Morgan fingerprint density at radius 2 is 1.15 bits per heavy atom. The molecule has 0 radical (unpaired) electrons. The summed E-state index contributed by atoms with van der Waals surface area (Å²) in [6, 6.07) is 18.2. The summed E-state index contributed by atoms with van der Waals surface area (Å²) in [6.45, 7) is 6.79. The van der Waals surface area contributed by atoms with Crippen molar-refractivity contribution in [3.05, 3.63) is 88.0 Å². The van der Waals surface area contributed by atoms with Gasteiger partial charge in [-0.05, 0) is 71.9 Å². The first-order chi connectivity index (χ1) is 20.1. The standard InChI is InChI=1S/C36H52N2.2CH3.Ni/c1-4-7-10-12-14-16-21-32-23-19-26-35(30-32)36(34-25-18-22-31(29-34)20-9-6-3)33(27-28-38-37)24-17-15-13-11-8-5-2;;;/h18-19,22-23,25-27,29-30H,4-17,20-21,24H2,1-3H3;2*1H3;. The van der Waals surface area contributed by atoms with E-state index in [2.05, 4.69) is 91.7 Å². The predicted molar refractivity (Wildman–Crippen MR) is 178 cm³/mol. The second kappa shape index (κ2) is 25.5. The first-order valence-electron chi connectivity index (χ1n) is 16.2. The summed E-state index contributed by atoms with van der Waals surface area (Å²) in [7, 11) is 0. The number of benzene rings is 2. The minimum absolute atomic E-state index is 0.963. The van der Waals surface area contributed by atoms with Crippen molar-refractivity contribution in [1.29, 1.82) is 0 Å². The van der Waals surface area contributed by atoms with E-state index in [0.717, 1.165) is 25.7 Å². The van der Waals surface area contributed by atoms with Crippen LogP contribution in [0.4, 0.5) is 0 Å². The molecule has 0 saturated heterocycles. The summed E-state index contributed by atoms with van der Waals surface area (Å²) in [6.07, 6.45) is 23.0. The van der Waals surface area contributed by atoms with E-state index in [0.29, 0.717) is 0 Å². The Kier molecular flexibility index (Phi) is 23.0. The molecular weight excluding hydrogens is 543 g/mol. The van der Waals surface area contributed by atoms with Gasteiger partial charge in [0.1, 0.15) is 0 Å². The van der Waals surface area contributed by atoms with Gasteiger partial charge in [0.25, 0.3) is 5.87 Å². The maximum atomic E-state index is 9.23. The van der Waals surface area contributed by atoms with Crippen molar-refractivity contribution in [3.63, 3.8) is 0 Å². The first kappa shape index (κ1) is 36.9. The third-order valence-electron chi connectivity index (χ3n) is 7.49. The van der Waals surface area contributed by atoms with Gasteiger partial charge in [-0.15, -0.1) is 4.79 Å². The van der Waals surface area contributed by atoms with Crippen LogP contribution in [0.1, 0.15) is 139 Å². The topological polar surface area (TPSA) is 36.4 Å². The van der Waals surface area contributed by atoms with Gasteiger partial charge in [-0.2, -0.15) is 0 Å². The fraction of sp³-hybridized carbons (Fsp3) is 0.579. The molecule has 0 aliphatic heterocycles. The molecule has 0 aliphatic carbocycles. The van der Waals surface area contributed by atoms with Crippen LogP contribution in [0.25, 0.3) is 11.1 Å². The number of nitrogens with zero attached hydrogens (tertiary/aromatic N) is 2. The normalized spacial score (nSPS) is 11.2. The molecule has 0 saturated carbocycles. The molecular formula is C38H58N2Ni. The summed E-state index contributed by atoms with van der Waals surface area (Å²) in [5, 5.41) is 0. The molecule has 0 unspecified atom stereocenters. The summed E-state index contributed by atoms with van der Waals surface area (Å²) >= 11 is 1.62. The van der Waals surface area contributed by atoms with Crippen molar-refractivity contribution < 1.29 is 19.2 Å². The van der Waals surface area contributed by atoms with Crippen LogP contribution in [-0.2, 0) is 27.3 Å². The van der Waals surface area contributed by atoms with E-state index in [9.17, 15) is 5.53 Å². The maximum absolute atomic E-state index is 9.23. The van der Waals surface area contributed by atoms with Gasteiger partial charge in [-0.25, -0.2) is 0 Å². The first-order valence-corrected chi connectivity index (χ1v) is 18.2. The van der Waals surface area contributed by atoms with Gasteiger partial charge >= 0.3 is 26.2 Å². The van der Waals surface area contributed by atoms with Gasteiger partial charge in [-0.3, -0.25) is 0 Å². The van der Waals surface area contributed by atoms with Gasteiger partial charge in [0.2, 0.25) is 0 Å². The zero-order chi connectivity index (χ0) is 30.0. The molecule has 2 rings (SSSR count). The fourth-order valence-corrected chi connectivity index (χ4v) is 5.26. The third-order valence-corrected chi connectivity index (χ3v) is 7.49. The van der Waals surface area contributed by atoms with Crippen LogP contribution in [0.15, 0.2) is 60.2 Å². The quantitative estimate of drug-likeness (QED) is 0.0362. The molecule has 2 aromatic carbocycles. The number of unbranched alkanes of at least 4 members (excludes halogenated alkanes) is 11. The van der Waals surface area contributed by atoms with Gasteiger partial charge in [0.05, 0.1) is 6.08 Å². The van der Waals surface area contributed by atoms with E-state index < -0.39 is 0 Å². The van der Waals surface area contributed by atoms with Crippen molar-refractivity contribution in [2.24, 2.45) is 0 Å². The Hall–Kier alpha value is -2.17. The number of allylic oxidation sites excluding steroid dienone is 2. The fourth-order valence-electron chi connectivity index (χ4n) is 5.26. The molecule has 3 heteroatoms. The number of rotatable bonds is 20. The van der Waals surface area contributed by atoms with Crippen LogP contribution in [0.2, 0.25) is 11.8 Å². The average Bonchev–Trinajstić information content (AvgIpc) is 2.99. The van der Waals surface area contributed by atoms with Gasteiger partial charge in [0, 0.05) is 0 Å². The molecule has 0 aromatic heterocycles. The molecule has 0 N–H and O–H groups in total. The summed E-state index contributed by atoms with van der Waals surface area (Å²) < 4.78 is 0. The van der Waals surface area contributed by atoms with Crippen molar-refractivity contribution in [3.8, 4) is 0 Å². The van der Waals surface area contributed by atoms with E-state index in [1.165, 1.54) is 117 Å². The Morgan fingerprint density at radius 1 is 0.683 bits per heavy atom. The second-order valence-electron chi connectivity index (χ2n) is 11.1. The summed E-state index contributed by atoms with van der Waals surface area (Å²) in [4.78, 5) is 3.22. The summed E-state index contributed by atoms with van der Waals surface area (Å²) in [5.74, 6) is 6.87. The third kappa shape index (κ3) is 16.8. The molecule has 0 fully saturated rings. The van der Waals surface area contributed by atoms with Crippen molar-refractivity contribution >= 4 is 11.4 Å². The average molecular weight is 602 g/mol. The van der Waals surface area contributed by atoms with Gasteiger partial charge in [0.15, 0.2) is 0 Å². The molecule has 0 bridgehead atoms. The predicted octanol–water partition coefficient (Wildman–Crippen LogP) is 12.1. The number of hydrogen-bond donors (Lipinski definition) is 0. The van der Waals surface area contributed by atoms with E-state index in [1.54, 1.807) is 14.4 Å². The Labute approximate surface area is 259 Å². The molecule has 0 atom stereocenters. The van der Waals surface area contributed by atoms with E-state index in [1.807, 2.05) is 6.08 Å². The molecule has 0 amide bonds.